The molecule has 1 amide bonds. The zero-order valence-electron chi connectivity index (χ0n) is 17.6. The summed E-state index contributed by atoms with van der Waals surface area (Å²) in [4.78, 5) is 30.6. The maximum absolute atomic E-state index is 13.2. The van der Waals surface area contributed by atoms with Crippen molar-refractivity contribution < 1.29 is 14.3 Å². The Hall–Kier alpha value is -3.00. The third kappa shape index (κ3) is 4.54. The number of nitrogens with zero attached hydrogens (tertiary/aromatic N) is 2. The number of aromatic nitrogens is 2. The number of nitrogens with one attached hydrogen (secondary N) is 1. The lowest BCUT2D eigenvalue weighted by Crippen LogP contribution is -2.27. The second kappa shape index (κ2) is 9.43. The van der Waals surface area contributed by atoms with Crippen LogP contribution in [0.3, 0.4) is 0 Å². The zero-order valence-corrected chi connectivity index (χ0v) is 18.4. The molecule has 8 heteroatoms. The molecule has 1 aromatic heterocycles. The Labute approximate surface area is 184 Å². The highest BCUT2D eigenvalue weighted by Gasteiger charge is 2.23. The Balaban J connectivity index is 1.58. The number of methoxy groups -OCH3 is 2. The third-order valence-corrected chi connectivity index (χ3v) is 6.43. The molecule has 31 heavy (non-hydrogen) atoms. The topological polar surface area (TPSA) is 82.5 Å². The van der Waals surface area contributed by atoms with Crippen LogP contribution in [-0.2, 0) is 4.79 Å². The highest BCUT2D eigenvalue weighted by molar-refractivity contribution is 7.99. The van der Waals surface area contributed by atoms with Crippen LogP contribution in [0.1, 0.15) is 31.7 Å². The number of carbonyl (C=O) groups excluding carboxylic acids is 1. The quantitative estimate of drug-likeness (QED) is 0.438. The van der Waals surface area contributed by atoms with Gasteiger partial charge in [-0.1, -0.05) is 36.7 Å². The van der Waals surface area contributed by atoms with Crippen LogP contribution in [0.5, 0.6) is 11.5 Å². The fourth-order valence-corrected chi connectivity index (χ4v) is 4.81. The van der Waals surface area contributed by atoms with Crippen LogP contribution in [0.4, 0.5) is 5.69 Å². The van der Waals surface area contributed by atoms with E-state index in [1.165, 1.54) is 11.8 Å². The normalized spacial score (nSPS) is 14.0. The van der Waals surface area contributed by atoms with Crippen LogP contribution in [-0.4, -0.2) is 35.4 Å². The summed E-state index contributed by atoms with van der Waals surface area (Å²) in [6.45, 7) is 0. The van der Waals surface area contributed by atoms with Gasteiger partial charge in [-0.2, -0.15) is 0 Å². The average molecular weight is 440 g/mol. The summed E-state index contributed by atoms with van der Waals surface area (Å²) >= 11 is 1.28. The lowest BCUT2D eigenvalue weighted by atomic mass is 10.2. The molecule has 0 spiro atoms. The molecule has 1 aliphatic rings. The van der Waals surface area contributed by atoms with E-state index in [0.717, 1.165) is 25.7 Å². The second-order valence-corrected chi connectivity index (χ2v) is 8.37. The van der Waals surface area contributed by atoms with E-state index in [9.17, 15) is 9.59 Å². The first kappa shape index (κ1) is 21.2. The zero-order chi connectivity index (χ0) is 21.8. The molecule has 0 unspecified atom stereocenters. The molecule has 1 aliphatic carbocycles. The molecular formula is C23H25N3O4S. The third-order valence-electron chi connectivity index (χ3n) is 5.48. The van der Waals surface area contributed by atoms with E-state index in [-0.39, 0.29) is 23.3 Å². The van der Waals surface area contributed by atoms with E-state index in [0.29, 0.717) is 33.2 Å². The van der Waals surface area contributed by atoms with Gasteiger partial charge in [-0.3, -0.25) is 14.2 Å². The number of hydrogen-bond acceptors (Lipinski definition) is 6. The van der Waals surface area contributed by atoms with Gasteiger partial charge in [0, 0.05) is 12.1 Å². The molecular weight excluding hydrogens is 414 g/mol. The molecule has 162 valence electrons. The second-order valence-electron chi connectivity index (χ2n) is 7.43. The van der Waals surface area contributed by atoms with Crippen molar-refractivity contribution in [2.24, 2.45) is 0 Å². The molecule has 1 heterocycles. The van der Waals surface area contributed by atoms with E-state index >= 15 is 0 Å². The summed E-state index contributed by atoms with van der Waals surface area (Å²) in [7, 11) is 3.11. The SMILES string of the molecule is COc1ccc(OC)c(NC(=O)CSc2nc3ccccc3c(=O)n2C2CCCC2)c1. The first-order valence-corrected chi connectivity index (χ1v) is 11.2. The molecule has 7 nitrogen and oxygen atoms in total. The summed E-state index contributed by atoms with van der Waals surface area (Å²) in [6.07, 6.45) is 4.12. The van der Waals surface area contributed by atoms with Gasteiger partial charge < -0.3 is 14.8 Å². The molecule has 0 bridgehead atoms. The van der Waals surface area contributed by atoms with Gasteiger partial charge in [0.2, 0.25) is 5.91 Å². The summed E-state index contributed by atoms with van der Waals surface area (Å²) in [5, 5.41) is 4.07. The highest BCUT2D eigenvalue weighted by Crippen LogP contribution is 2.33. The number of anilines is 1. The number of para-hydroxylation sites is 1. The predicted octanol–water partition coefficient (Wildman–Crippen LogP) is 4.26. The highest BCUT2D eigenvalue weighted by atomic mass is 32.2. The molecule has 0 radical (unpaired) electrons. The van der Waals surface area contributed by atoms with Gasteiger partial charge in [0.1, 0.15) is 11.5 Å². The molecule has 0 saturated heterocycles. The van der Waals surface area contributed by atoms with Crippen LogP contribution in [0.25, 0.3) is 10.9 Å². The van der Waals surface area contributed by atoms with E-state index < -0.39 is 0 Å². The Bertz CT molecular complexity index is 1160. The van der Waals surface area contributed by atoms with Gasteiger partial charge in [0.05, 0.1) is 36.6 Å². The number of rotatable bonds is 7. The van der Waals surface area contributed by atoms with E-state index in [2.05, 4.69) is 5.32 Å². The van der Waals surface area contributed by atoms with Crippen molar-refractivity contribution in [2.75, 3.05) is 25.3 Å². The van der Waals surface area contributed by atoms with Crippen LogP contribution in [0.2, 0.25) is 0 Å². The number of fused-ring (bicyclic) bond motifs is 1. The molecule has 3 aromatic rings. The number of thioether (sulfide) groups is 1. The number of benzene rings is 2. The summed E-state index contributed by atoms with van der Waals surface area (Å²) in [5.41, 5.74) is 1.15. The van der Waals surface area contributed by atoms with Crippen molar-refractivity contribution in [1.82, 2.24) is 9.55 Å². The number of carbonyl (C=O) groups is 1. The van der Waals surface area contributed by atoms with Crippen molar-refractivity contribution in [2.45, 2.75) is 36.9 Å². The lowest BCUT2D eigenvalue weighted by Gasteiger charge is -2.18. The maximum Gasteiger partial charge on any atom is 0.262 e. The van der Waals surface area contributed by atoms with Gasteiger partial charge in [-0.15, -0.1) is 0 Å². The first-order valence-electron chi connectivity index (χ1n) is 10.3. The maximum atomic E-state index is 13.2. The van der Waals surface area contributed by atoms with Gasteiger partial charge in [0.25, 0.3) is 5.56 Å². The largest absolute Gasteiger partial charge is 0.497 e. The van der Waals surface area contributed by atoms with Gasteiger partial charge in [-0.25, -0.2) is 4.98 Å². The number of hydrogen-bond donors (Lipinski definition) is 1. The monoisotopic (exact) mass is 439 g/mol. The first-order chi connectivity index (χ1) is 15.1. The Kier molecular flexibility index (Phi) is 6.46. The molecule has 1 fully saturated rings. The van der Waals surface area contributed by atoms with E-state index in [4.69, 9.17) is 14.5 Å². The van der Waals surface area contributed by atoms with Gasteiger partial charge in [-0.05, 0) is 37.1 Å². The van der Waals surface area contributed by atoms with Crippen molar-refractivity contribution in [3.05, 3.63) is 52.8 Å². The fourth-order valence-electron chi connectivity index (χ4n) is 3.94. The van der Waals surface area contributed by atoms with Crippen molar-refractivity contribution >= 4 is 34.3 Å². The van der Waals surface area contributed by atoms with Crippen LogP contribution >= 0.6 is 11.8 Å². The lowest BCUT2D eigenvalue weighted by molar-refractivity contribution is -0.113. The standard InChI is InChI=1S/C23H25N3O4S/c1-29-16-11-12-20(30-2)19(13-16)24-21(27)14-31-23-25-18-10-6-5-9-17(18)22(28)26(23)15-7-3-4-8-15/h5-6,9-13,15H,3-4,7-8,14H2,1-2H3,(H,24,27). The number of amides is 1. The van der Waals surface area contributed by atoms with E-state index in [1.54, 1.807) is 37.0 Å². The van der Waals surface area contributed by atoms with Gasteiger partial charge >= 0.3 is 0 Å². The molecule has 1 saturated carbocycles. The fraction of sp³-hybridized carbons (Fsp3) is 0.348. The molecule has 2 aromatic carbocycles. The molecule has 0 aliphatic heterocycles. The van der Waals surface area contributed by atoms with Crippen LogP contribution < -0.4 is 20.3 Å². The van der Waals surface area contributed by atoms with Crippen LogP contribution in [0.15, 0.2) is 52.4 Å². The Morgan fingerprint density at radius 3 is 2.68 bits per heavy atom. The minimum Gasteiger partial charge on any atom is -0.497 e. The summed E-state index contributed by atoms with van der Waals surface area (Å²) < 4.78 is 12.3. The van der Waals surface area contributed by atoms with Crippen LogP contribution in [0, 0.1) is 0 Å². The summed E-state index contributed by atoms with van der Waals surface area (Å²) in [6, 6.07) is 12.7. The van der Waals surface area contributed by atoms with Gasteiger partial charge in [0.15, 0.2) is 5.16 Å². The summed E-state index contributed by atoms with van der Waals surface area (Å²) in [5.74, 6) is 1.08. The smallest absolute Gasteiger partial charge is 0.262 e. The van der Waals surface area contributed by atoms with Crippen molar-refractivity contribution in [3.8, 4) is 11.5 Å². The van der Waals surface area contributed by atoms with Crippen molar-refractivity contribution in [1.29, 1.82) is 0 Å². The van der Waals surface area contributed by atoms with E-state index in [1.807, 2.05) is 24.3 Å². The van der Waals surface area contributed by atoms with Crippen molar-refractivity contribution in [3.63, 3.8) is 0 Å². The average Bonchev–Trinajstić information content (AvgIpc) is 3.32. The molecule has 1 N–H and O–H groups in total. The molecule has 4 rings (SSSR count). The minimum absolute atomic E-state index is 0.0325. The molecule has 0 atom stereocenters. The number of ether oxygens (including phenoxy) is 2. The minimum atomic E-state index is -0.211. The predicted molar refractivity (Wildman–Crippen MR) is 122 cm³/mol. The Morgan fingerprint density at radius 2 is 1.94 bits per heavy atom. The Morgan fingerprint density at radius 1 is 1.16 bits per heavy atom.